The van der Waals surface area contributed by atoms with Gasteiger partial charge < -0.3 is 5.32 Å². The van der Waals surface area contributed by atoms with Gasteiger partial charge in [-0.25, -0.2) is 0 Å². The first-order valence-electron chi connectivity index (χ1n) is 7.61. The maximum Gasteiger partial charge on any atom is 0.0295 e. The predicted molar refractivity (Wildman–Crippen MR) is 84.9 cm³/mol. The van der Waals surface area contributed by atoms with Crippen molar-refractivity contribution in [3.8, 4) is 0 Å². The summed E-state index contributed by atoms with van der Waals surface area (Å²) in [5.74, 6) is 0.850. The Morgan fingerprint density at radius 3 is 2.50 bits per heavy atom. The lowest BCUT2D eigenvalue weighted by Gasteiger charge is -2.15. The van der Waals surface area contributed by atoms with E-state index in [2.05, 4.69) is 67.7 Å². The summed E-state index contributed by atoms with van der Waals surface area (Å²) >= 11 is 0. The van der Waals surface area contributed by atoms with Crippen molar-refractivity contribution < 1.29 is 0 Å². The average molecular weight is 265 g/mol. The molecule has 0 aliphatic heterocycles. The summed E-state index contributed by atoms with van der Waals surface area (Å²) in [7, 11) is 0. The smallest absolute Gasteiger partial charge is 0.0295 e. The summed E-state index contributed by atoms with van der Waals surface area (Å²) in [6.45, 7) is 5.31. The highest BCUT2D eigenvalue weighted by molar-refractivity contribution is 5.28. The van der Waals surface area contributed by atoms with Gasteiger partial charge >= 0.3 is 0 Å². The number of nitrogens with one attached hydrogen (secondary N) is 1. The van der Waals surface area contributed by atoms with Gasteiger partial charge in [-0.15, -0.1) is 0 Å². The summed E-state index contributed by atoms with van der Waals surface area (Å²) in [6, 6.07) is 18.2. The fraction of sp³-hybridized carbons (Fsp3) is 0.368. The molecule has 3 rings (SSSR count). The maximum atomic E-state index is 3.61. The molecule has 1 atom stereocenters. The van der Waals surface area contributed by atoms with Gasteiger partial charge in [-0.05, 0) is 49.3 Å². The van der Waals surface area contributed by atoms with Gasteiger partial charge in [0, 0.05) is 12.6 Å². The van der Waals surface area contributed by atoms with Gasteiger partial charge in [-0.3, -0.25) is 0 Å². The molecule has 1 aliphatic carbocycles. The SMILES string of the molecule is Cc1cccc([C@@H](C)NCc2ccc(C3CC3)cc2)c1. The van der Waals surface area contributed by atoms with Gasteiger partial charge in [0.25, 0.3) is 0 Å². The van der Waals surface area contributed by atoms with E-state index in [1.165, 1.54) is 35.1 Å². The molecule has 0 spiro atoms. The molecule has 0 unspecified atom stereocenters. The molecule has 0 saturated heterocycles. The zero-order valence-electron chi connectivity index (χ0n) is 12.4. The maximum absolute atomic E-state index is 3.61. The first-order valence-corrected chi connectivity index (χ1v) is 7.61. The molecule has 2 aromatic rings. The second-order valence-corrected chi connectivity index (χ2v) is 6.03. The van der Waals surface area contributed by atoms with Crippen molar-refractivity contribution in [1.29, 1.82) is 0 Å². The molecule has 1 fully saturated rings. The van der Waals surface area contributed by atoms with E-state index in [0.717, 1.165) is 12.5 Å². The molecule has 0 heterocycles. The molecule has 2 aromatic carbocycles. The third-order valence-corrected chi connectivity index (χ3v) is 4.18. The number of rotatable bonds is 5. The van der Waals surface area contributed by atoms with Crippen LogP contribution in [0.15, 0.2) is 48.5 Å². The van der Waals surface area contributed by atoms with Crippen molar-refractivity contribution in [3.05, 3.63) is 70.8 Å². The topological polar surface area (TPSA) is 12.0 Å². The third-order valence-electron chi connectivity index (χ3n) is 4.18. The normalized spacial score (nSPS) is 16.1. The van der Waals surface area contributed by atoms with Gasteiger partial charge in [0.05, 0.1) is 0 Å². The van der Waals surface area contributed by atoms with Crippen LogP contribution in [0.2, 0.25) is 0 Å². The Hall–Kier alpha value is -1.60. The zero-order valence-corrected chi connectivity index (χ0v) is 12.4. The summed E-state index contributed by atoms with van der Waals surface area (Å²) < 4.78 is 0. The third kappa shape index (κ3) is 3.29. The monoisotopic (exact) mass is 265 g/mol. The minimum absolute atomic E-state index is 0.387. The number of aryl methyl sites for hydroxylation is 1. The standard InChI is InChI=1S/C19H23N/c1-14-4-3-5-19(12-14)15(2)20-13-16-6-8-17(9-7-16)18-10-11-18/h3-9,12,15,18,20H,10-11,13H2,1-2H3/t15-/m1/s1. The molecule has 1 heteroatoms. The Bertz CT molecular complexity index is 567. The Morgan fingerprint density at radius 1 is 1.10 bits per heavy atom. The van der Waals surface area contributed by atoms with Crippen LogP contribution in [0.4, 0.5) is 0 Å². The number of hydrogen-bond donors (Lipinski definition) is 1. The molecule has 0 aromatic heterocycles. The van der Waals surface area contributed by atoms with E-state index in [-0.39, 0.29) is 0 Å². The fourth-order valence-electron chi connectivity index (χ4n) is 2.65. The van der Waals surface area contributed by atoms with Crippen molar-refractivity contribution >= 4 is 0 Å². The van der Waals surface area contributed by atoms with E-state index >= 15 is 0 Å². The van der Waals surface area contributed by atoms with Crippen molar-refractivity contribution in [3.63, 3.8) is 0 Å². The molecule has 0 bridgehead atoms. The van der Waals surface area contributed by atoms with Crippen molar-refractivity contribution in [2.75, 3.05) is 0 Å². The summed E-state index contributed by atoms with van der Waals surface area (Å²) in [5, 5.41) is 3.61. The van der Waals surface area contributed by atoms with Crippen LogP contribution < -0.4 is 5.32 Å². The first-order chi connectivity index (χ1) is 9.72. The van der Waals surface area contributed by atoms with E-state index < -0.39 is 0 Å². The van der Waals surface area contributed by atoms with Crippen molar-refractivity contribution in [2.24, 2.45) is 0 Å². The van der Waals surface area contributed by atoms with E-state index in [9.17, 15) is 0 Å². The highest BCUT2D eigenvalue weighted by Gasteiger charge is 2.22. The van der Waals surface area contributed by atoms with E-state index in [1.54, 1.807) is 0 Å². The minimum Gasteiger partial charge on any atom is -0.306 e. The zero-order chi connectivity index (χ0) is 13.9. The largest absolute Gasteiger partial charge is 0.306 e. The Kier molecular flexibility index (Phi) is 3.88. The van der Waals surface area contributed by atoms with Crippen molar-refractivity contribution in [2.45, 2.75) is 45.2 Å². The average Bonchev–Trinajstić information content (AvgIpc) is 3.30. The first kappa shape index (κ1) is 13.4. The summed E-state index contributed by atoms with van der Waals surface area (Å²) in [6.07, 6.45) is 2.75. The minimum atomic E-state index is 0.387. The van der Waals surface area contributed by atoms with Crippen LogP contribution >= 0.6 is 0 Å². The van der Waals surface area contributed by atoms with E-state index in [1.807, 2.05) is 0 Å². The molecule has 1 aliphatic rings. The van der Waals surface area contributed by atoms with Gasteiger partial charge in [0.15, 0.2) is 0 Å². The van der Waals surface area contributed by atoms with Crippen LogP contribution in [0, 0.1) is 6.92 Å². The van der Waals surface area contributed by atoms with Crippen LogP contribution in [0.1, 0.15) is 54.0 Å². The van der Waals surface area contributed by atoms with Crippen molar-refractivity contribution in [1.82, 2.24) is 5.32 Å². The van der Waals surface area contributed by atoms with E-state index in [4.69, 9.17) is 0 Å². The summed E-state index contributed by atoms with van der Waals surface area (Å²) in [5.41, 5.74) is 5.57. The predicted octanol–water partition coefficient (Wildman–Crippen LogP) is 4.72. The molecule has 20 heavy (non-hydrogen) atoms. The molecule has 0 radical (unpaired) electrons. The molecular formula is C19H23N. The quantitative estimate of drug-likeness (QED) is 0.824. The van der Waals surface area contributed by atoms with Gasteiger partial charge in [-0.2, -0.15) is 0 Å². The van der Waals surface area contributed by atoms with Crippen LogP contribution in [0.25, 0.3) is 0 Å². The fourth-order valence-corrected chi connectivity index (χ4v) is 2.65. The lowest BCUT2D eigenvalue weighted by molar-refractivity contribution is 0.574. The number of hydrogen-bond acceptors (Lipinski definition) is 1. The van der Waals surface area contributed by atoms with Crippen LogP contribution in [-0.4, -0.2) is 0 Å². The van der Waals surface area contributed by atoms with Crippen LogP contribution in [0.5, 0.6) is 0 Å². The second kappa shape index (κ2) is 5.80. The Labute approximate surface area is 122 Å². The Morgan fingerprint density at radius 2 is 1.85 bits per heavy atom. The lowest BCUT2D eigenvalue weighted by atomic mass is 10.0. The van der Waals surface area contributed by atoms with Gasteiger partial charge in [-0.1, -0.05) is 54.1 Å². The van der Waals surface area contributed by atoms with Gasteiger partial charge in [0.2, 0.25) is 0 Å². The van der Waals surface area contributed by atoms with Crippen LogP contribution in [-0.2, 0) is 6.54 Å². The molecule has 1 N–H and O–H groups in total. The molecule has 1 saturated carbocycles. The van der Waals surface area contributed by atoms with Gasteiger partial charge in [0.1, 0.15) is 0 Å². The van der Waals surface area contributed by atoms with E-state index in [0.29, 0.717) is 6.04 Å². The molecule has 1 nitrogen and oxygen atoms in total. The Balaban J connectivity index is 1.58. The summed E-state index contributed by atoms with van der Waals surface area (Å²) in [4.78, 5) is 0. The second-order valence-electron chi connectivity index (χ2n) is 6.03. The number of benzene rings is 2. The molecule has 104 valence electrons. The lowest BCUT2D eigenvalue weighted by Crippen LogP contribution is -2.18. The highest BCUT2D eigenvalue weighted by Crippen LogP contribution is 2.39. The highest BCUT2D eigenvalue weighted by atomic mass is 14.9. The van der Waals surface area contributed by atoms with Crippen LogP contribution in [0.3, 0.4) is 0 Å². The molecular weight excluding hydrogens is 242 g/mol. The molecule has 0 amide bonds.